The van der Waals surface area contributed by atoms with Gasteiger partial charge in [0.2, 0.25) is 0 Å². The SMILES string of the molecule is NCc1c(Sc2nccc(=O)[nH]2)nc2ccccn12. The minimum absolute atomic E-state index is 0.185. The molecule has 96 valence electrons. The molecule has 0 radical (unpaired) electrons. The van der Waals surface area contributed by atoms with E-state index in [0.29, 0.717) is 11.7 Å². The zero-order valence-corrected chi connectivity index (χ0v) is 10.7. The normalized spacial score (nSPS) is 11.0. The van der Waals surface area contributed by atoms with Crippen LogP contribution in [0.4, 0.5) is 0 Å². The van der Waals surface area contributed by atoms with Crippen LogP contribution >= 0.6 is 11.8 Å². The van der Waals surface area contributed by atoms with Gasteiger partial charge in [0.15, 0.2) is 5.16 Å². The first-order valence-corrected chi connectivity index (χ1v) is 6.49. The minimum Gasteiger partial charge on any atom is -0.325 e. The van der Waals surface area contributed by atoms with Crippen LogP contribution in [0.2, 0.25) is 0 Å². The van der Waals surface area contributed by atoms with Crippen LogP contribution in [0, 0.1) is 0 Å². The second-order valence-electron chi connectivity index (χ2n) is 3.84. The number of rotatable bonds is 3. The third-order valence-electron chi connectivity index (χ3n) is 2.63. The number of nitrogens with two attached hydrogens (primary N) is 1. The van der Waals surface area contributed by atoms with Crippen molar-refractivity contribution in [2.24, 2.45) is 5.73 Å². The van der Waals surface area contributed by atoms with E-state index in [0.717, 1.165) is 16.4 Å². The molecule has 3 N–H and O–H groups in total. The van der Waals surface area contributed by atoms with Crippen molar-refractivity contribution < 1.29 is 0 Å². The zero-order chi connectivity index (χ0) is 13.2. The molecule has 0 amide bonds. The maximum absolute atomic E-state index is 11.2. The topological polar surface area (TPSA) is 89.1 Å². The summed E-state index contributed by atoms with van der Waals surface area (Å²) in [6, 6.07) is 7.12. The lowest BCUT2D eigenvalue weighted by Crippen LogP contribution is -2.06. The van der Waals surface area contributed by atoms with Crippen LogP contribution < -0.4 is 11.3 Å². The van der Waals surface area contributed by atoms with Crippen molar-refractivity contribution in [1.82, 2.24) is 19.4 Å². The fourth-order valence-electron chi connectivity index (χ4n) is 1.79. The van der Waals surface area contributed by atoms with Gasteiger partial charge in [-0.25, -0.2) is 9.97 Å². The molecule has 0 aliphatic carbocycles. The third kappa shape index (κ3) is 2.25. The van der Waals surface area contributed by atoms with Crippen molar-refractivity contribution in [1.29, 1.82) is 0 Å². The largest absolute Gasteiger partial charge is 0.325 e. The number of pyridine rings is 1. The first-order valence-electron chi connectivity index (χ1n) is 5.67. The Kier molecular flexibility index (Phi) is 3.06. The van der Waals surface area contributed by atoms with E-state index in [1.54, 1.807) is 0 Å². The van der Waals surface area contributed by atoms with E-state index >= 15 is 0 Å². The standard InChI is InChI=1S/C12H11N5OS/c13-7-8-11(15-9-3-1-2-6-17(8)9)19-12-14-5-4-10(18)16-12/h1-6H,7,13H2,(H,14,16,18). The van der Waals surface area contributed by atoms with Crippen molar-refractivity contribution in [2.45, 2.75) is 16.7 Å². The number of H-pyrrole nitrogens is 1. The maximum Gasteiger partial charge on any atom is 0.251 e. The molecule has 0 bridgehead atoms. The minimum atomic E-state index is -0.185. The predicted molar refractivity (Wildman–Crippen MR) is 72.1 cm³/mol. The molecule has 3 aromatic rings. The van der Waals surface area contributed by atoms with E-state index in [1.165, 1.54) is 24.0 Å². The van der Waals surface area contributed by atoms with E-state index in [1.807, 2.05) is 28.8 Å². The Bertz CT molecular complexity index is 779. The average molecular weight is 273 g/mol. The highest BCUT2D eigenvalue weighted by Gasteiger charge is 2.12. The Morgan fingerprint density at radius 2 is 2.26 bits per heavy atom. The summed E-state index contributed by atoms with van der Waals surface area (Å²) < 4.78 is 1.93. The highest BCUT2D eigenvalue weighted by atomic mass is 32.2. The lowest BCUT2D eigenvalue weighted by molar-refractivity contribution is 0.905. The molecule has 19 heavy (non-hydrogen) atoms. The molecule has 6 nitrogen and oxygen atoms in total. The van der Waals surface area contributed by atoms with Gasteiger partial charge in [-0.3, -0.25) is 4.79 Å². The fourth-order valence-corrected chi connectivity index (χ4v) is 2.67. The van der Waals surface area contributed by atoms with E-state index < -0.39 is 0 Å². The first kappa shape index (κ1) is 11.9. The molecule has 3 aromatic heterocycles. The van der Waals surface area contributed by atoms with Gasteiger partial charge >= 0.3 is 0 Å². The van der Waals surface area contributed by atoms with Crippen LogP contribution in [0.1, 0.15) is 5.69 Å². The van der Waals surface area contributed by atoms with Crippen LogP contribution in [-0.2, 0) is 6.54 Å². The summed E-state index contributed by atoms with van der Waals surface area (Å²) in [6.45, 7) is 0.366. The Balaban J connectivity index is 2.07. The van der Waals surface area contributed by atoms with Gasteiger partial charge in [0.05, 0.1) is 5.69 Å². The number of nitrogens with one attached hydrogen (secondary N) is 1. The number of imidazole rings is 1. The summed E-state index contributed by atoms with van der Waals surface area (Å²) in [5.41, 5.74) is 7.31. The van der Waals surface area contributed by atoms with Gasteiger partial charge in [-0.15, -0.1) is 0 Å². The number of hydrogen-bond donors (Lipinski definition) is 2. The first-order chi connectivity index (χ1) is 9.28. The number of fused-ring (bicyclic) bond motifs is 1. The van der Waals surface area contributed by atoms with Crippen molar-refractivity contribution in [3.8, 4) is 0 Å². The summed E-state index contributed by atoms with van der Waals surface area (Å²) in [5, 5.41) is 1.26. The average Bonchev–Trinajstić information content (AvgIpc) is 2.75. The van der Waals surface area contributed by atoms with E-state index in [9.17, 15) is 4.79 Å². The highest BCUT2D eigenvalue weighted by molar-refractivity contribution is 7.99. The van der Waals surface area contributed by atoms with Gasteiger partial charge in [0.25, 0.3) is 5.56 Å². The Morgan fingerprint density at radius 1 is 1.37 bits per heavy atom. The maximum atomic E-state index is 11.2. The lowest BCUT2D eigenvalue weighted by Gasteiger charge is -2.00. The molecule has 0 atom stereocenters. The Labute approximate surface area is 112 Å². The van der Waals surface area contributed by atoms with E-state index in [4.69, 9.17) is 5.73 Å². The molecule has 0 aromatic carbocycles. The summed E-state index contributed by atoms with van der Waals surface area (Å²) >= 11 is 1.30. The van der Waals surface area contributed by atoms with Crippen LogP contribution in [0.5, 0.6) is 0 Å². The second-order valence-corrected chi connectivity index (χ2v) is 4.82. The molecule has 0 saturated heterocycles. The Hall–Kier alpha value is -2.12. The van der Waals surface area contributed by atoms with Gasteiger partial charge in [0.1, 0.15) is 10.7 Å². The zero-order valence-electron chi connectivity index (χ0n) is 9.91. The molecule has 0 fully saturated rings. The Morgan fingerprint density at radius 3 is 3.05 bits per heavy atom. The fraction of sp³-hybridized carbons (Fsp3) is 0.0833. The number of nitrogens with zero attached hydrogens (tertiary/aromatic N) is 3. The number of hydrogen-bond acceptors (Lipinski definition) is 5. The van der Waals surface area contributed by atoms with E-state index in [2.05, 4.69) is 15.0 Å². The molecule has 3 heterocycles. The van der Waals surface area contributed by atoms with Gasteiger partial charge in [-0.05, 0) is 23.9 Å². The van der Waals surface area contributed by atoms with E-state index in [-0.39, 0.29) is 5.56 Å². The molecule has 0 spiro atoms. The van der Waals surface area contributed by atoms with Crippen LogP contribution in [-0.4, -0.2) is 19.4 Å². The summed E-state index contributed by atoms with van der Waals surface area (Å²) in [5.74, 6) is 0. The van der Waals surface area contributed by atoms with Crippen molar-refractivity contribution in [3.63, 3.8) is 0 Å². The van der Waals surface area contributed by atoms with Crippen LogP contribution in [0.3, 0.4) is 0 Å². The van der Waals surface area contributed by atoms with Gasteiger partial charge in [-0.2, -0.15) is 0 Å². The van der Waals surface area contributed by atoms with Crippen molar-refractivity contribution in [3.05, 3.63) is 52.7 Å². The number of aromatic nitrogens is 4. The molecule has 3 rings (SSSR count). The molecule has 7 heteroatoms. The number of aromatic amines is 1. The quantitative estimate of drug-likeness (QED) is 0.696. The molecule has 0 unspecified atom stereocenters. The summed E-state index contributed by atoms with van der Waals surface area (Å²) in [7, 11) is 0. The second kappa shape index (κ2) is 4.87. The summed E-state index contributed by atoms with van der Waals surface area (Å²) in [4.78, 5) is 22.5. The molecular formula is C12H11N5OS. The highest BCUT2D eigenvalue weighted by Crippen LogP contribution is 2.27. The third-order valence-corrected chi connectivity index (χ3v) is 3.55. The predicted octanol–water partition coefficient (Wildman–Crippen LogP) is 1.03. The van der Waals surface area contributed by atoms with Gasteiger partial charge in [0, 0.05) is 25.0 Å². The molecule has 0 saturated carbocycles. The lowest BCUT2D eigenvalue weighted by atomic mass is 10.4. The van der Waals surface area contributed by atoms with Crippen molar-refractivity contribution >= 4 is 17.4 Å². The van der Waals surface area contributed by atoms with Crippen LogP contribution in [0.15, 0.2) is 51.6 Å². The molecule has 0 aliphatic heterocycles. The van der Waals surface area contributed by atoms with Gasteiger partial charge < -0.3 is 15.1 Å². The van der Waals surface area contributed by atoms with Crippen molar-refractivity contribution in [2.75, 3.05) is 0 Å². The smallest absolute Gasteiger partial charge is 0.251 e. The van der Waals surface area contributed by atoms with Gasteiger partial charge in [-0.1, -0.05) is 6.07 Å². The summed E-state index contributed by atoms with van der Waals surface area (Å²) in [6.07, 6.45) is 3.38. The molecule has 0 aliphatic rings. The van der Waals surface area contributed by atoms with Crippen LogP contribution in [0.25, 0.3) is 5.65 Å². The molecular weight excluding hydrogens is 262 g/mol. The monoisotopic (exact) mass is 273 g/mol.